The molecular weight excluding hydrogens is 388 g/mol. The average Bonchev–Trinajstić information content (AvgIpc) is 3.04. The van der Waals surface area contributed by atoms with Crippen LogP contribution in [-0.4, -0.2) is 27.1 Å². The summed E-state index contributed by atoms with van der Waals surface area (Å²) in [6.45, 7) is 8.07. The molecule has 158 valence electrons. The number of rotatable bonds is 7. The number of nitrogens with one attached hydrogen (secondary N) is 1. The zero-order valence-corrected chi connectivity index (χ0v) is 18.6. The molecule has 1 heterocycles. The van der Waals surface area contributed by atoms with Gasteiger partial charge in [-0.05, 0) is 62.8 Å². The van der Waals surface area contributed by atoms with Crippen molar-refractivity contribution in [3.63, 3.8) is 0 Å². The highest BCUT2D eigenvalue weighted by Gasteiger charge is 2.33. The maximum Gasteiger partial charge on any atom is 0.341 e. The van der Waals surface area contributed by atoms with Gasteiger partial charge in [0.1, 0.15) is 0 Å². The van der Waals surface area contributed by atoms with Gasteiger partial charge in [-0.25, -0.2) is 17.9 Å². The highest BCUT2D eigenvalue weighted by atomic mass is 32.2. The second-order valence-electron chi connectivity index (χ2n) is 8.00. The summed E-state index contributed by atoms with van der Waals surface area (Å²) in [5.41, 5.74) is 3.25. The van der Waals surface area contributed by atoms with Crippen LogP contribution in [0.1, 0.15) is 53.4 Å². The van der Waals surface area contributed by atoms with Crippen LogP contribution in [0.3, 0.4) is 0 Å². The summed E-state index contributed by atoms with van der Waals surface area (Å²) < 4.78 is 27.3. The van der Waals surface area contributed by atoms with Crippen LogP contribution >= 0.6 is 0 Å². The van der Waals surface area contributed by atoms with E-state index in [0.29, 0.717) is 17.0 Å². The van der Waals surface area contributed by atoms with Crippen LogP contribution in [0.4, 0.5) is 0 Å². The van der Waals surface area contributed by atoms with Crippen LogP contribution in [0.2, 0.25) is 0 Å². The molecule has 0 unspecified atom stereocenters. The molecule has 1 N–H and O–H groups in total. The Bertz CT molecular complexity index is 945. The molecule has 0 saturated heterocycles. The van der Waals surface area contributed by atoms with E-state index in [0.717, 1.165) is 29.6 Å². The Kier molecular flexibility index (Phi) is 7.54. The van der Waals surface area contributed by atoms with E-state index in [4.69, 9.17) is 0 Å². The molecule has 0 radical (unpaired) electrons. The number of carbonyl (C=O) groups excluding carboxylic acids is 1. The molecule has 0 spiro atoms. The predicted octanol–water partition coefficient (Wildman–Crippen LogP) is 4.31. The summed E-state index contributed by atoms with van der Waals surface area (Å²) in [6.07, 6.45) is 14.1. The number of sulfonamides is 1. The van der Waals surface area contributed by atoms with Crippen molar-refractivity contribution in [1.29, 1.82) is 0 Å². The molecule has 0 aromatic heterocycles. The number of allylic oxidation sites excluding steroid dienone is 10. The van der Waals surface area contributed by atoms with Gasteiger partial charge in [-0.1, -0.05) is 55.0 Å². The van der Waals surface area contributed by atoms with Gasteiger partial charge < -0.3 is 4.84 Å². The van der Waals surface area contributed by atoms with Crippen LogP contribution in [0.5, 0.6) is 0 Å². The second-order valence-corrected chi connectivity index (χ2v) is 9.90. The summed E-state index contributed by atoms with van der Waals surface area (Å²) in [4.78, 5) is 16.1. The first-order chi connectivity index (χ1) is 13.5. The molecule has 0 atom stereocenters. The van der Waals surface area contributed by atoms with Crippen molar-refractivity contribution in [2.45, 2.75) is 53.4 Å². The second kappa shape index (κ2) is 9.50. The largest absolute Gasteiger partial charge is 0.341 e. The lowest BCUT2D eigenvalue weighted by atomic mass is 9.75. The average molecular weight is 419 g/mol. The van der Waals surface area contributed by atoms with Gasteiger partial charge in [0, 0.05) is 0 Å². The fraction of sp³-hybridized carbons (Fsp3) is 0.455. The molecule has 29 heavy (non-hydrogen) atoms. The van der Waals surface area contributed by atoms with Crippen molar-refractivity contribution in [3.05, 3.63) is 58.1 Å². The highest BCUT2D eigenvalue weighted by molar-refractivity contribution is 7.93. The van der Waals surface area contributed by atoms with Gasteiger partial charge >= 0.3 is 5.97 Å². The first-order valence-electron chi connectivity index (χ1n) is 9.70. The molecule has 0 fully saturated rings. The Morgan fingerprint density at radius 3 is 2.55 bits per heavy atom. The third kappa shape index (κ3) is 6.37. The third-order valence-corrected chi connectivity index (χ3v) is 6.65. The van der Waals surface area contributed by atoms with Gasteiger partial charge in [0.15, 0.2) is 0 Å². The first kappa shape index (κ1) is 23.0. The first-order valence-corrected chi connectivity index (χ1v) is 11.2. The fourth-order valence-corrected chi connectivity index (χ4v) is 4.68. The molecule has 0 aromatic carbocycles. The Labute approximate surface area is 173 Å². The normalized spacial score (nSPS) is 21.3. The minimum atomic E-state index is -3.44. The molecule has 1 aliphatic heterocycles. The topological polar surface area (TPSA) is 84.8 Å². The van der Waals surface area contributed by atoms with Gasteiger partial charge in [-0.15, -0.1) is 0 Å². The standard InChI is InChI=1S/C22H30N2O4S/c1-16(8-6-9-17(2)14-18-15-21(25)28-24-18)11-12-19-20(29(26,27)23-5)10-7-13-22(19,3)4/h6,8-9,11-12,14,23H,7,10,13,15H2,1-5H3/b9-6+,12-11+,16-8+,17-14+. The summed E-state index contributed by atoms with van der Waals surface area (Å²) in [6, 6.07) is 0. The smallest absolute Gasteiger partial charge is 0.318 e. The molecule has 2 aliphatic rings. The fourth-order valence-electron chi connectivity index (χ4n) is 3.39. The SMILES string of the molecule is CNS(=O)(=O)C1=C(/C=C/C(C)=C/C=C/C(C)=C/C2=NOC(=O)C2)C(C)(C)CCC1. The van der Waals surface area contributed by atoms with E-state index in [1.54, 1.807) is 0 Å². The summed E-state index contributed by atoms with van der Waals surface area (Å²) in [5, 5.41) is 3.70. The van der Waals surface area contributed by atoms with Crippen molar-refractivity contribution in [3.8, 4) is 0 Å². The number of oxime groups is 1. The Morgan fingerprint density at radius 1 is 1.21 bits per heavy atom. The lowest BCUT2D eigenvalue weighted by molar-refractivity contribution is -0.140. The number of hydrogen-bond acceptors (Lipinski definition) is 5. The van der Waals surface area contributed by atoms with E-state index in [9.17, 15) is 13.2 Å². The van der Waals surface area contributed by atoms with Crippen LogP contribution in [-0.2, 0) is 19.7 Å². The molecule has 2 rings (SSSR count). The van der Waals surface area contributed by atoms with Gasteiger partial charge in [0.2, 0.25) is 10.0 Å². The molecular formula is C22H30N2O4S. The van der Waals surface area contributed by atoms with Gasteiger partial charge in [-0.3, -0.25) is 0 Å². The lowest BCUT2D eigenvalue weighted by Gasteiger charge is -2.33. The van der Waals surface area contributed by atoms with Crippen LogP contribution in [0.15, 0.2) is 63.2 Å². The zero-order valence-electron chi connectivity index (χ0n) is 17.8. The Balaban J connectivity index is 2.17. The van der Waals surface area contributed by atoms with Crippen LogP contribution in [0, 0.1) is 5.41 Å². The zero-order chi connectivity index (χ0) is 21.7. The van der Waals surface area contributed by atoms with E-state index in [2.05, 4.69) is 28.6 Å². The summed E-state index contributed by atoms with van der Waals surface area (Å²) >= 11 is 0. The van der Waals surface area contributed by atoms with Gasteiger partial charge in [0.05, 0.1) is 17.0 Å². The molecule has 0 amide bonds. The lowest BCUT2D eigenvalue weighted by Crippen LogP contribution is -2.28. The van der Waals surface area contributed by atoms with E-state index >= 15 is 0 Å². The number of nitrogens with zero attached hydrogens (tertiary/aromatic N) is 1. The van der Waals surface area contributed by atoms with Crippen molar-refractivity contribution < 1.29 is 18.0 Å². The molecule has 0 bridgehead atoms. The molecule has 1 aliphatic carbocycles. The van der Waals surface area contributed by atoms with Crippen LogP contribution < -0.4 is 4.72 Å². The third-order valence-electron chi connectivity index (χ3n) is 5.04. The van der Waals surface area contributed by atoms with Crippen molar-refractivity contribution in [1.82, 2.24) is 4.72 Å². The summed E-state index contributed by atoms with van der Waals surface area (Å²) in [5.74, 6) is -0.339. The van der Waals surface area contributed by atoms with Crippen molar-refractivity contribution in [2.75, 3.05) is 7.05 Å². The van der Waals surface area contributed by atoms with Gasteiger partial charge in [0.25, 0.3) is 0 Å². The number of carbonyl (C=O) groups is 1. The summed E-state index contributed by atoms with van der Waals surface area (Å²) in [7, 11) is -1.99. The van der Waals surface area contributed by atoms with E-state index in [1.165, 1.54) is 7.05 Å². The minimum absolute atomic E-state index is 0.190. The predicted molar refractivity (Wildman–Crippen MR) is 117 cm³/mol. The van der Waals surface area contributed by atoms with E-state index in [1.807, 2.05) is 50.3 Å². The maximum atomic E-state index is 12.4. The van der Waals surface area contributed by atoms with Crippen molar-refractivity contribution >= 4 is 21.7 Å². The molecule has 0 aromatic rings. The monoisotopic (exact) mass is 418 g/mol. The Morgan fingerprint density at radius 2 is 1.93 bits per heavy atom. The Hall–Kier alpha value is -2.25. The quantitative estimate of drug-likeness (QED) is 0.493. The van der Waals surface area contributed by atoms with Gasteiger partial charge in [-0.2, -0.15) is 0 Å². The van der Waals surface area contributed by atoms with Crippen LogP contribution in [0.25, 0.3) is 0 Å². The highest BCUT2D eigenvalue weighted by Crippen LogP contribution is 2.42. The minimum Gasteiger partial charge on any atom is -0.318 e. The van der Waals surface area contributed by atoms with E-state index in [-0.39, 0.29) is 17.8 Å². The molecule has 7 heteroatoms. The molecule has 6 nitrogen and oxygen atoms in total. The van der Waals surface area contributed by atoms with Crippen molar-refractivity contribution in [2.24, 2.45) is 10.6 Å². The number of hydrogen-bond donors (Lipinski definition) is 1. The molecule has 0 saturated carbocycles. The van der Waals surface area contributed by atoms with E-state index < -0.39 is 10.0 Å². The maximum absolute atomic E-state index is 12.4.